The number of carbonyl (C=O) groups excluding carboxylic acids is 4. The maximum atomic E-state index is 13.6. The predicted octanol–water partition coefficient (Wildman–Crippen LogP) is -2.57. The number of esters is 4. The van der Waals surface area contributed by atoms with E-state index in [1.807, 2.05) is 0 Å². The normalized spacial score (nSPS) is 14.0. The van der Waals surface area contributed by atoms with Crippen molar-refractivity contribution in [2.75, 3.05) is 0 Å². The highest BCUT2D eigenvalue weighted by molar-refractivity contribution is 6.06. The Morgan fingerprint density at radius 2 is 1.17 bits per heavy atom. The second kappa shape index (κ2) is 17.2. The van der Waals surface area contributed by atoms with E-state index in [0.29, 0.717) is 0 Å². The average molecular weight is 680 g/mol. The number of rotatable bonds is 21. The Hall–Kier alpha value is -6.42. The minimum Gasteiger partial charge on any atom is -0.481 e. The minimum atomic E-state index is -4.48. The van der Waals surface area contributed by atoms with Crippen LogP contribution in [0.2, 0.25) is 0 Å². The number of ether oxygens (including phenoxy) is 3. The van der Waals surface area contributed by atoms with Crippen LogP contribution in [0.5, 0.6) is 0 Å². The van der Waals surface area contributed by atoms with Crippen molar-refractivity contribution in [3.63, 3.8) is 0 Å². The van der Waals surface area contributed by atoms with Gasteiger partial charge in [-0.15, -0.1) is 0 Å². The third-order valence-corrected chi connectivity index (χ3v) is 5.82. The third kappa shape index (κ3) is 11.2. The second-order valence-electron chi connectivity index (χ2n) is 8.95. The maximum Gasteiger partial charge on any atom is 0.350 e. The van der Waals surface area contributed by atoms with Crippen molar-refractivity contribution < 1.29 is 113 Å². The lowest BCUT2D eigenvalue weighted by molar-refractivity contribution is -0.226. The molecule has 0 bridgehead atoms. The van der Waals surface area contributed by atoms with Crippen molar-refractivity contribution in [2.24, 2.45) is 11.3 Å². The van der Waals surface area contributed by atoms with E-state index in [1.165, 1.54) is 0 Å². The van der Waals surface area contributed by atoms with E-state index in [2.05, 4.69) is 14.2 Å². The molecule has 0 aromatic carbocycles. The molecule has 0 spiro atoms. The van der Waals surface area contributed by atoms with E-state index in [4.69, 9.17) is 15.3 Å². The Balaban J connectivity index is 7.94. The van der Waals surface area contributed by atoms with E-state index < -0.39 is 133 Å². The summed E-state index contributed by atoms with van der Waals surface area (Å²) in [4.78, 5) is 145. The fraction of sp³-hybridized carbons (Fsp3) is 0.417. The molecular formula is C24H24O23. The Morgan fingerprint density at radius 1 is 0.638 bits per heavy atom. The van der Waals surface area contributed by atoms with E-state index in [9.17, 15) is 83.1 Å². The number of carboxylic acid groups (broad SMARTS) is 8. The zero-order valence-corrected chi connectivity index (χ0v) is 23.3. The van der Waals surface area contributed by atoms with Crippen LogP contribution in [0.3, 0.4) is 0 Å². The van der Waals surface area contributed by atoms with Gasteiger partial charge in [0.2, 0.25) is 11.7 Å². The van der Waals surface area contributed by atoms with Gasteiger partial charge in [0, 0.05) is 18.6 Å². The number of carbonyl (C=O) groups is 12. The number of hydrogen-bond donors (Lipinski definition) is 8. The molecule has 47 heavy (non-hydrogen) atoms. The van der Waals surface area contributed by atoms with Crippen molar-refractivity contribution in [2.45, 2.75) is 50.2 Å². The highest BCUT2D eigenvalue weighted by Gasteiger charge is 2.73. The van der Waals surface area contributed by atoms with Gasteiger partial charge in [-0.2, -0.15) is 0 Å². The molecule has 0 aromatic heterocycles. The van der Waals surface area contributed by atoms with Gasteiger partial charge >= 0.3 is 71.6 Å². The quantitative estimate of drug-likeness (QED) is 0.0267. The summed E-state index contributed by atoms with van der Waals surface area (Å²) in [6.07, 6.45) is -12.6. The van der Waals surface area contributed by atoms with Gasteiger partial charge in [0.25, 0.3) is 0 Å². The maximum absolute atomic E-state index is 13.6. The summed E-state index contributed by atoms with van der Waals surface area (Å²) >= 11 is 0. The van der Waals surface area contributed by atoms with E-state index in [0.717, 1.165) is 0 Å². The molecule has 23 nitrogen and oxygen atoms in total. The fourth-order valence-corrected chi connectivity index (χ4v) is 3.95. The monoisotopic (exact) mass is 680 g/mol. The summed E-state index contributed by atoms with van der Waals surface area (Å²) in [6.45, 7) is 0. The van der Waals surface area contributed by atoms with Gasteiger partial charge in [-0.3, -0.25) is 38.4 Å². The molecule has 0 aliphatic heterocycles. The lowest BCUT2D eigenvalue weighted by Gasteiger charge is -2.45. The van der Waals surface area contributed by atoms with Crippen molar-refractivity contribution >= 4 is 71.6 Å². The molecule has 0 aliphatic carbocycles. The Morgan fingerprint density at radius 3 is 1.57 bits per heavy atom. The van der Waals surface area contributed by atoms with Gasteiger partial charge in [0.1, 0.15) is 5.41 Å². The molecule has 8 N–H and O–H groups in total. The molecule has 0 amide bonds. The molecule has 0 saturated heterocycles. The summed E-state index contributed by atoms with van der Waals surface area (Å²) in [5.41, 5.74) is -8.76. The van der Waals surface area contributed by atoms with Gasteiger partial charge < -0.3 is 55.1 Å². The first-order valence-electron chi connectivity index (χ1n) is 12.2. The van der Waals surface area contributed by atoms with Crippen molar-refractivity contribution in [1.29, 1.82) is 0 Å². The van der Waals surface area contributed by atoms with Crippen LogP contribution in [0.15, 0.2) is 12.2 Å². The molecule has 0 saturated carbocycles. The molecule has 3 unspecified atom stereocenters. The molecular weight excluding hydrogens is 656 g/mol. The molecule has 0 aliphatic rings. The van der Waals surface area contributed by atoms with Gasteiger partial charge in [-0.25, -0.2) is 19.2 Å². The van der Waals surface area contributed by atoms with Crippen LogP contribution in [-0.2, 0) is 71.7 Å². The molecule has 258 valence electrons. The van der Waals surface area contributed by atoms with Crippen LogP contribution in [0, 0.1) is 11.3 Å². The summed E-state index contributed by atoms with van der Waals surface area (Å²) in [5.74, 6) is -31.0. The van der Waals surface area contributed by atoms with Crippen molar-refractivity contribution in [3.05, 3.63) is 12.2 Å². The summed E-state index contributed by atoms with van der Waals surface area (Å²) in [5, 5.41) is 75.2. The molecule has 0 fully saturated rings. The van der Waals surface area contributed by atoms with Crippen molar-refractivity contribution in [3.8, 4) is 0 Å². The summed E-state index contributed by atoms with van der Waals surface area (Å²) in [6, 6.07) is 0. The zero-order chi connectivity index (χ0) is 36.9. The molecule has 0 aromatic rings. The van der Waals surface area contributed by atoms with E-state index >= 15 is 0 Å². The molecule has 0 heterocycles. The first-order valence-corrected chi connectivity index (χ1v) is 12.2. The fourth-order valence-electron chi connectivity index (χ4n) is 3.95. The minimum absolute atomic E-state index is 0.0916. The first kappa shape index (κ1) is 40.6. The van der Waals surface area contributed by atoms with Gasteiger partial charge in [0.15, 0.2) is 5.92 Å². The standard InChI is InChI=1S/C24H24O23/c25-10(26)1-3-15(35)45-9(7-13(31)32)20(41)47-24(21(42)43,8-14(33)34)23(6-5-12(29)30,17(18(37)38)19(39)40)22(44)46-16(36)4-2-11(27)28/h1,3,9,17H,2,4-8H2,(H,25,26)(H,27,28)(H,29,30)(H,31,32)(H,33,34)(H,37,38)(H,39,40)(H,42,43). The number of aliphatic carboxylic acids is 8. The highest BCUT2D eigenvalue weighted by Crippen LogP contribution is 2.50. The van der Waals surface area contributed by atoms with Crippen LogP contribution < -0.4 is 0 Å². The second-order valence-corrected chi connectivity index (χ2v) is 8.95. The van der Waals surface area contributed by atoms with Gasteiger partial charge in [-0.05, 0) is 6.42 Å². The van der Waals surface area contributed by atoms with E-state index in [1.54, 1.807) is 0 Å². The highest BCUT2D eigenvalue weighted by atomic mass is 16.6. The average Bonchev–Trinajstić information content (AvgIpc) is 2.90. The number of carboxylic acids is 8. The Bertz CT molecular complexity index is 1370. The molecule has 0 radical (unpaired) electrons. The topological polar surface area (TPSA) is 394 Å². The molecule has 0 rings (SSSR count). The van der Waals surface area contributed by atoms with Crippen molar-refractivity contribution in [1.82, 2.24) is 0 Å². The Labute approximate surface area is 258 Å². The zero-order valence-electron chi connectivity index (χ0n) is 23.3. The first-order chi connectivity index (χ1) is 21.5. The SMILES string of the molecule is O=C(O)C=CC(=O)OC(CC(=O)O)C(=O)OC(CC(=O)O)(C(=O)O)C(CCC(=O)O)(C(=O)OC(=O)CCC(=O)O)C(C(=O)O)C(=O)O. The van der Waals surface area contributed by atoms with Crippen LogP contribution in [0.1, 0.15) is 38.5 Å². The third-order valence-electron chi connectivity index (χ3n) is 5.82. The van der Waals surface area contributed by atoms with Crippen LogP contribution in [0.25, 0.3) is 0 Å². The predicted molar refractivity (Wildman–Crippen MR) is 134 cm³/mol. The van der Waals surface area contributed by atoms with E-state index in [-0.39, 0.29) is 12.2 Å². The smallest absolute Gasteiger partial charge is 0.350 e. The van der Waals surface area contributed by atoms with Gasteiger partial charge in [0.05, 0.1) is 25.7 Å². The summed E-state index contributed by atoms with van der Waals surface area (Å²) < 4.78 is 13.4. The van der Waals surface area contributed by atoms with Crippen LogP contribution in [0.4, 0.5) is 0 Å². The number of hydrogen-bond acceptors (Lipinski definition) is 15. The lowest BCUT2D eigenvalue weighted by atomic mass is 9.59. The molecule has 3 atom stereocenters. The van der Waals surface area contributed by atoms with Crippen LogP contribution in [-0.4, -0.2) is 124 Å². The summed E-state index contributed by atoms with van der Waals surface area (Å²) in [7, 11) is 0. The lowest BCUT2D eigenvalue weighted by Crippen LogP contribution is -2.68. The Kier molecular flexibility index (Phi) is 14.8. The van der Waals surface area contributed by atoms with Crippen LogP contribution >= 0.6 is 0 Å². The molecule has 23 heteroatoms. The van der Waals surface area contributed by atoms with Gasteiger partial charge in [-0.1, -0.05) is 0 Å². The largest absolute Gasteiger partial charge is 0.481 e.